The maximum absolute atomic E-state index is 12.6. The molecule has 1 aromatic carbocycles. The zero-order valence-electron chi connectivity index (χ0n) is 10.6. The average molecular weight is 347 g/mol. The number of carboxylic acids is 1. The van der Waals surface area contributed by atoms with Crippen molar-refractivity contribution in [1.82, 2.24) is 0 Å². The first-order valence-corrected chi connectivity index (χ1v) is 6.41. The normalized spacial score (nSPS) is 13.9. The highest BCUT2D eigenvalue weighted by molar-refractivity contribution is 9.10. The second-order valence-corrected chi connectivity index (χ2v) is 4.94. The highest BCUT2D eigenvalue weighted by Crippen LogP contribution is 2.28. The number of aliphatic carboxylic acids is 1. The van der Waals surface area contributed by atoms with Gasteiger partial charge in [0.25, 0.3) is 6.43 Å². The Balaban J connectivity index is 3.03. The SMILES string of the molecule is CC(C(=O)O)/C(C=Nc1cc(Br)cc(C(F)F)c1)=C/N. The lowest BCUT2D eigenvalue weighted by Crippen LogP contribution is -2.14. The lowest BCUT2D eigenvalue weighted by atomic mass is 10.0. The van der Waals surface area contributed by atoms with Crippen LogP contribution in [0.3, 0.4) is 0 Å². The molecule has 20 heavy (non-hydrogen) atoms. The van der Waals surface area contributed by atoms with Gasteiger partial charge in [-0.2, -0.15) is 0 Å². The van der Waals surface area contributed by atoms with Gasteiger partial charge >= 0.3 is 5.97 Å². The molecule has 1 rings (SSSR count). The monoisotopic (exact) mass is 346 g/mol. The molecule has 0 aliphatic carbocycles. The average Bonchev–Trinajstić information content (AvgIpc) is 2.38. The summed E-state index contributed by atoms with van der Waals surface area (Å²) in [5.74, 6) is -1.87. The molecule has 1 aromatic rings. The number of alkyl halides is 2. The number of carboxylic acid groups (broad SMARTS) is 1. The van der Waals surface area contributed by atoms with Crippen LogP contribution in [0.4, 0.5) is 14.5 Å². The molecule has 0 spiro atoms. The van der Waals surface area contributed by atoms with Gasteiger partial charge in [-0.25, -0.2) is 8.78 Å². The number of nitrogens with zero attached hydrogens (tertiary/aromatic N) is 1. The van der Waals surface area contributed by atoms with Gasteiger partial charge in [0.2, 0.25) is 0 Å². The van der Waals surface area contributed by atoms with Crippen LogP contribution in [0.1, 0.15) is 18.9 Å². The van der Waals surface area contributed by atoms with E-state index in [0.717, 1.165) is 6.20 Å². The van der Waals surface area contributed by atoms with Crippen molar-refractivity contribution in [3.05, 3.63) is 40.0 Å². The largest absolute Gasteiger partial charge is 0.481 e. The van der Waals surface area contributed by atoms with Gasteiger partial charge in [-0.3, -0.25) is 9.79 Å². The Morgan fingerprint density at radius 1 is 1.45 bits per heavy atom. The molecule has 108 valence electrons. The van der Waals surface area contributed by atoms with E-state index in [4.69, 9.17) is 10.8 Å². The van der Waals surface area contributed by atoms with Crippen LogP contribution in [0.5, 0.6) is 0 Å². The number of nitrogens with two attached hydrogens (primary N) is 1. The van der Waals surface area contributed by atoms with Crippen LogP contribution >= 0.6 is 15.9 Å². The van der Waals surface area contributed by atoms with E-state index in [1.165, 1.54) is 25.3 Å². The molecule has 0 aliphatic rings. The van der Waals surface area contributed by atoms with Crippen molar-refractivity contribution in [2.24, 2.45) is 16.6 Å². The third-order valence-corrected chi connectivity index (χ3v) is 3.04. The summed E-state index contributed by atoms with van der Waals surface area (Å²) in [5.41, 5.74) is 5.74. The topological polar surface area (TPSA) is 75.7 Å². The van der Waals surface area contributed by atoms with Gasteiger partial charge in [0.05, 0.1) is 11.6 Å². The molecule has 7 heteroatoms. The van der Waals surface area contributed by atoms with Gasteiger partial charge in [0, 0.05) is 16.3 Å². The minimum Gasteiger partial charge on any atom is -0.481 e. The van der Waals surface area contributed by atoms with Crippen LogP contribution < -0.4 is 5.73 Å². The molecule has 0 amide bonds. The summed E-state index contributed by atoms with van der Waals surface area (Å²) in [5, 5.41) is 8.88. The van der Waals surface area contributed by atoms with Crippen molar-refractivity contribution in [2.75, 3.05) is 0 Å². The second kappa shape index (κ2) is 7.14. The number of hydrogen-bond acceptors (Lipinski definition) is 3. The Bertz CT molecular complexity index is 559. The highest BCUT2D eigenvalue weighted by Gasteiger charge is 2.14. The van der Waals surface area contributed by atoms with Gasteiger partial charge in [0.15, 0.2) is 0 Å². The maximum atomic E-state index is 12.6. The molecule has 4 nitrogen and oxygen atoms in total. The zero-order valence-corrected chi connectivity index (χ0v) is 12.1. The lowest BCUT2D eigenvalue weighted by molar-refractivity contribution is -0.139. The van der Waals surface area contributed by atoms with Crippen LogP contribution in [0.25, 0.3) is 0 Å². The summed E-state index contributed by atoms with van der Waals surface area (Å²) in [4.78, 5) is 14.8. The Kier molecular flexibility index (Phi) is 5.82. The molecule has 0 saturated heterocycles. The zero-order chi connectivity index (χ0) is 15.3. The molecular weight excluding hydrogens is 334 g/mol. The fraction of sp³-hybridized carbons (Fsp3) is 0.231. The standard InChI is InChI=1S/C13H13BrF2N2O2/c1-7(13(19)20)9(5-17)6-18-11-3-8(12(15)16)2-10(14)4-11/h2-7,12H,17H2,1H3,(H,19,20)/b9-5+,18-6?. The minimum atomic E-state index is -2.61. The summed E-state index contributed by atoms with van der Waals surface area (Å²) in [6.07, 6.45) is -0.215. The van der Waals surface area contributed by atoms with Crippen molar-refractivity contribution >= 4 is 33.8 Å². The van der Waals surface area contributed by atoms with Crippen LogP contribution in [0.15, 0.2) is 39.4 Å². The number of halogens is 3. The van der Waals surface area contributed by atoms with E-state index in [1.807, 2.05) is 0 Å². The van der Waals surface area contributed by atoms with E-state index in [2.05, 4.69) is 20.9 Å². The van der Waals surface area contributed by atoms with Crippen LogP contribution in [0, 0.1) is 5.92 Å². The van der Waals surface area contributed by atoms with E-state index < -0.39 is 18.3 Å². The van der Waals surface area contributed by atoms with E-state index in [-0.39, 0.29) is 16.8 Å². The third-order valence-electron chi connectivity index (χ3n) is 2.58. The molecule has 1 unspecified atom stereocenters. The second-order valence-electron chi connectivity index (χ2n) is 4.03. The molecule has 3 N–H and O–H groups in total. The summed E-state index contributed by atoms with van der Waals surface area (Å²) >= 11 is 3.12. The summed E-state index contributed by atoms with van der Waals surface area (Å²) < 4.78 is 25.8. The van der Waals surface area contributed by atoms with Gasteiger partial charge in [-0.05, 0) is 36.9 Å². The van der Waals surface area contributed by atoms with Gasteiger partial charge < -0.3 is 10.8 Å². The summed E-state index contributed by atoms with van der Waals surface area (Å²) in [6.45, 7) is 1.46. The van der Waals surface area contributed by atoms with Gasteiger partial charge in [0.1, 0.15) is 0 Å². The third kappa shape index (κ3) is 4.41. The Morgan fingerprint density at radius 2 is 2.10 bits per heavy atom. The Hall–Kier alpha value is -1.76. The minimum absolute atomic E-state index is 0.170. The number of hydrogen-bond donors (Lipinski definition) is 2. The van der Waals surface area contributed by atoms with Crippen molar-refractivity contribution in [1.29, 1.82) is 0 Å². The predicted molar refractivity (Wildman–Crippen MR) is 76.3 cm³/mol. The molecule has 0 fully saturated rings. The van der Waals surface area contributed by atoms with E-state index in [9.17, 15) is 13.6 Å². The lowest BCUT2D eigenvalue weighted by Gasteiger charge is -2.06. The Morgan fingerprint density at radius 3 is 2.60 bits per heavy atom. The first-order valence-electron chi connectivity index (χ1n) is 5.62. The molecule has 0 radical (unpaired) electrons. The molecule has 0 aromatic heterocycles. The van der Waals surface area contributed by atoms with Crippen molar-refractivity contribution in [3.63, 3.8) is 0 Å². The first kappa shape index (κ1) is 16.3. The van der Waals surface area contributed by atoms with Crippen LogP contribution in [-0.4, -0.2) is 17.3 Å². The smallest absolute Gasteiger partial charge is 0.310 e. The van der Waals surface area contributed by atoms with E-state index >= 15 is 0 Å². The first-order chi connectivity index (χ1) is 9.35. The number of aliphatic imine (C=N–C) groups is 1. The maximum Gasteiger partial charge on any atom is 0.310 e. The molecule has 0 saturated carbocycles. The molecule has 0 heterocycles. The molecular formula is C13H13BrF2N2O2. The van der Waals surface area contributed by atoms with Crippen LogP contribution in [-0.2, 0) is 4.79 Å². The molecule has 0 bridgehead atoms. The Labute approximate surface area is 123 Å². The number of rotatable bonds is 5. The van der Waals surface area contributed by atoms with Crippen molar-refractivity contribution < 1.29 is 18.7 Å². The fourth-order valence-corrected chi connectivity index (χ4v) is 1.89. The fourth-order valence-electron chi connectivity index (χ4n) is 1.39. The number of benzene rings is 1. The van der Waals surface area contributed by atoms with Crippen molar-refractivity contribution in [2.45, 2.75) is 13.3 Å². The highest BCUT2D eigenvalue weighted by atomic mass is 79.9. The molecule has 1 atom stereocenters. The number of carbonyl (C=O) groups is 1. The summed E-state index contributed by atoms with van der Waals surface area (Å²) in [7, 11) is 0. The summed E-state index contributed by atoms with van der Waals surface area (Å²) in [6, 6.07) is 4.07. The molecule has 0 aliphatic heterocycles. The van der Waals surface area contributed by atoms with Gasteiger partial charge in [-0.15, -0.1) is 0 Å². The predicted octanol–water partition coefficient (Wildman–Crippen LogP) is 3.65. The van der Waals surface area contributed by atoms with Crippen molar-refractivity contribution in [3.8, 4) is 0 Å². The van der Waals surface area contributed by atoms with Crippen LogP contribution in [0.2, 0.25) is 0 Å². The van der Waals surface area contributed by atoms with Gasteiger partial charge in [-0.1, -0.05) is 15.9 Å². The quantitative estimate of drug-likeness (QED) is 0.799. The van der Waals surface area contributed by atoms with E-state index in [1.54, 1.807) is 6.07 Å². The van der Waals surface area contributed by atoms with E-state index in [0.29, 0.717) is 4.47 Å².